The highest BCUT2D eigenvalue weighted by Crippen LogP contribution is 2.54. The molecule has 1 saturated heterocycles. The highest BCUT2D eigenvalue weighted by Gasteiger charge is 2.47. The van der Waals surface area contributed by atoms with Crippen LogP contribution in [0.3, 0.4) is 0 Å². The van der Waals surface area contributed by atoms with E-state index in [1.807, 2.05) is 32.0 Å². The van der Waals surface area contributed by atoms with Crippen LogP contribution in [0.2, 0.25) is 10.0 Å². The Kier molecular flexibility index (Phi) is 8.84. The number of benzene rings is 3. The van der Waals surface area contributed by atoms with E-state index >= 15 is 0 Å². The van der Waals surface area contributed by atoms with Crippen molar-refractivity contribution in [2.75, 3.05) is 6.61 Å². The Morgan fingerprint density at radius 2 is 1.72 bits per heavy atom. The van der Waals surface area contributed by atoms with Gasteiger partial charge in [0.15, 0.2) is 6.61 Å². The minimum Gasteiger partial charge on any atom is -0.482 e. The molecule has 0 saturated carbocycles. The van der Waals surface area contributed by atoms with Crippen LogP contribution in [0, 0.1) is 11.7 Å². The Morgan fingerprint density at radius 1 is 1.03 bits per heavy atom. The lowest BCUT2D eigenvalue weighted by Crippen LogP contribution is -2.53. The van der Waals surface area contributed by atoms with Crippen molar-refractivity contribution in [2.24, 2.45) is 5.92 Å². The molecular weight excluding hydrogens is 544 g/mol. The number of carbonyl (C=O) groups excluding carboxylic acids is 1. The van der Waals surface area contributed by atoms with Gasteiger partial charge in [-0.05, 0) is 73.9 Å². The zero-order chi connectivity index (χ0) is 28.3. The van der Waals surface area contributed by atoms with Gasteiger partial charge in [-0.3, -0.25) is 4.79 Å². The predicted octanol–water partition coefficient (Wildman–Crippen LogP) is 7.11. The van der Waals surface area contributed by atoms with Gasteiger partial charge >= 0.3 is 5.97 Å². The number of nitrogens with one attached hydrogen (secondary N) is 1. The molecule has 3 aromatic rings. The highest BCUT2D eigenvalue weighted by molar-refractivity contribution is 6.30. The second-order valence-electron chi connectivity index (χ2n) is 10.3. The van der Waals surface area contributed by atoms with Crippen LogP contribution in [0.1, 0.15) is 62.0 Å². The minimum atomic E-state index is -1.13. The summed E-state index contributed by atoms with van der Waals surface area (Å²) in [5.41, 5.74) is 1.37. The molecule has 1 aliphatic heterocycles. The Labute approximate surface area is 237 Å². The minimum absolute atomic E-state index is 0.206. The molecule has 206 valence electrons. The maximum Gasteiger partial charge on any atom is 0.341 e. The fourth-order valence-corrected chi connectivity index (χ4v) is 5.71. The van der Waals surface area contributed by atoms with Crippen LogP contribution < -0.4 is 10.1 Å². The molecule has 0 unspecified atom stereocenters. The van der Waals surface area contributed by atoms with Gasteiger partial charge in [-0.15, -0.1) is 0 Å². The van der Waals surface area contributed by atoms with E-state index < -0.39 is 36.1 Å². The first-order chi connectivity index (χ1) is 18.4. The fraction of sp³-hybridized carbons (Fsp3) is 0.333. The van der Waals surface area contributed by atoms with E-state index in [0.717, 1.165) is 5.56 Å². The summed E-state index contributed by atoms with van der Waals surface area (Å²) in [4.78, 5) is 23.5. The van der Waals surface area contributed by atoms with Gasteiger partial charge in [0.25, 0.3) is 0 Å². The van der Waals surface area contributed by atoms with Crippen molar-refractivity contribution in [3.63, 3.8) is 0 Å². The molecule has 0 aliphatic carbocycles. The number of carbonyl (C=O) groups is 2. The number of hydrogen-bond donors (Lipinski definition) is 2. The Bertz CT molecular complexity index is 1350. The average molecular weight is 574 g/mol. The van der Waals surface area contributed by atoms with Crippen LogP contribution in [0.25, 0.3) is 0 Å². The number of hydrogen-bond acceptors (Lipinski definition) is 4. The summed E-state index contributed by atoms with van der Waals surface area (Å²) in [6.45, 7) is 4.73. The second-order valence-corrected chi connectivity index (χ2v) is 11.2. The molecule has 0 bridgehead atoms. The smallest absolute Gasteiger partial charge is 0.341 e. The molecule has 9 heteroatoms. The third kappa shape index (κ3) is 6.90. The molecule has 1 amide bonds. The van der Waals surface area contributed by atoms with Crippen molar-refractivity contribution in [1.82, 2.24) is 5.32 Å². The topological polar surface area (TPSA) is 84.9 Å². The van der Waals surface area contributed by atoms with E-state index in [1.54, 1.807) is 36.4 Å². The molecule has 3 aromatic carbocycles. The van der Waals surface area contributed by atoms with Crippen molar-refractivity contribution in [1.29, 1.82) is 0 Å². The van der Waals surface area contributed by atoms with Crippen LogP contribution in [0.5, 0.6) is 5.75 Å². The summed E-state index contributed by atoms with van der Waals surface area (Å²) >= 11 is 12.6. The molecule has 0 radical (unpaired) electrons. The summed E-state index contributed by atoms with van der Waals surface area (Å²) in [6.07, 6.45) is -0.736. The Morgan fingerprint density at radius 3 is 2.36 bits per heavy atom. The van der Waals surface area contributed by atoms with E-state index in [1.165, 1.54) is 19.1 Å². The van der Waals surface area contributed by atoms with Crippen molar-refractivity contribution < 1.29 is 28.6 Å². The quantitative estimate of drug-likeness (QED) is 0.300. The van der Waals surface area contributed by atoms with Crippen molar-refractivity contribution in [3.8, 4) is 5.75 Å². The maximum absolute atomic E-state index is 14.4. The van der Waals surface area contributed by atoms with Crippen molar-refractivity contribution in [3.05, 3.63) is 99.3 Å². The number of carboxylic acid groups (broad SMARTS) is 1. The Balaban J connectivity index is 1.88. The molecule has 1 aliphatic rings. The van der Waals surface area contributed by atoms with Crippen molar-refractivity contribution in [2.45, 2.75) is 50.9 Å². The standard InChI is InChI=1S/C30H30Cl2FNO5/c1-17(35)34-30(2,3)25-15-23(18-7-9-20(31)10-8-18)28(19-5-4-6-22(33)13-19)39-29(25)24-14-21(32)11-12-26(24)38-16-27(36)37/h4-14,23,25,28-29H,15-16H2,1-3H3,(H,34,35)(H,36,37)/t23-,25+,28+,29-/m0/s1. The van der Waals surface area contributed by atoms with Crippen LogP contribution >= 0.6 is 23.2 Å². The first-order valence-corrected chi connectivity index (χ1v) is 13.3. The van der Waals surface area contributed by atoms with Gasteiger partial charge in [-0.1, -0.05) is 47.5 Å². The van der Waals surface area contributed by atoms with Crippen molar-refractivity contribution >= 4 is 35.1 Å². The molecule has 1 fully saturated rings. The molecule has 4 atom stereocenters. The van der Waals surface area contributed by atoms with E-state index in [9.17, 15) is 19.1 Å². The number of amides is 1. The van der Waals surface area contributed by atoms with Gasteiger partial charge in [-0.25, -0.2) is 9.18 Å². The zero-order valence-corrected chi connectivity index (χ0v) is 23.3. The molecule has 6 nitrogen and oxygen atoms in total. The number of aliphatic carboxylic acids is 1. The molecular formula is C30H30Cl2FNO5. The lowest BCUT2D eigenvalue weighted by atomic mass is 9.69. The molecule has 2 N–H and O–H groups in total. The first-order valence-electron chi connectivity index (χ1n) is 12.5. The van der Waals surface area contributed by atoms with E-state index in [0.29, 0.717) is 33.3 Å². The van der Waals surface area contributed by atoms with Crippen LogP contribution in [0.4, 0.5) is 4.39 Å². The predicted molar refractivity (Wildman–Crippen MR) is 148 cm³/mol. The van der Waals surface area contributed by atoms with Gasteiger partial charge in [-0.2, -0.15) is 0 Å². The largest absolute Gasteiger partial charge is 0.482 e. The lowest BCUT2D eigenvalue weighted by Gasteiger charge is -2.48. The SMILES string of the molecule is CC(=O)NC(C)(C)[C@@H]1C[C@@H](c2ccc(Cl)cc2)[C@@H](c2cccc(F)c2)O[C@H]1c1cc(Cl)ccc1OCC(=O)O. The summed E-state index contributed by atoms with van der Waals surface area (Å²) < 4.78 is 26.9. The van der Waals surface area contributed by atoms with Gasteiger partial charge in [0.1, 0.15) is 11.6 Å². The zero-order valence-electron chi connectivity index (χ0n) is 21.8. The third-order valence-electron chi connectivity index (χ3n) is 7.06. The summed E-state index contributed by atoms with van der Waals surface area (Å²) in [5, 5.41) is 13.3. The first kappa shape index (κ1) is 28.9. The maximum atomic E-state index is 14.4. The fourth-order valence-electron chi connectivity index (χ4n) is 5.41. The van der Waals surface area contributed by atoms with Gasteiger partial charge < -0.3 is 19.9 Å². The molecule has 1 heterocycles. The molecule has 0 aromatic heterocycles. The monoisotopic (exact) mass is 573 g/mol. The lowest BCUT2D eigenvalue weighted by molar-refractivity contribution is -0.140. The number of halogens is 3. The summed E-state index contributed by atoms with van der Waals surface area (Å²) in [6, 6.07) is 18.6. The van der Waals surface area contributed by atoms with E-state index in [4.69, 9.17) is 32.7 Å². The average Bonchev–Trinajstić information content (AvgIpc) is 2.87. The molecule has 39 heavy (non-hydrogen) atoms. The molecule has 0 spiro atoms. The van der Waals surface area contributed by atoms with Gasteiger partial charge in [0.2, 0.25) is 5.91 Å². The van der Waals surface area contributed by atoms with Gasteiger partial charge in [0.05, 0.1) is 12.2 Å². The number of rotatable bonds is 8. The van der Waals surface area contributed by atoms with E-state index in [2.05, 4.69) is 5.32 Å². The number of ether oxygens (including phenoxy) is 2. The van der Waals surface area contributed by atoms with Crippen LogP contribution in [-0.4, -0.2) is 29.1 Å². The van der Waals surface area contributed by atoms with Gasteiger partial charge in [0, 0.05) is 39.9 Å². The second kappa shape index (κ2) is 11.9. The molecule has 4 rings (SSSR count). The van der Waals surface area contributed by atoms with Crippen LogP contribution in [-0.2, 0) is 14.3 Å². The normalized spacial score (nSPS) is 21.3. The summed E-state index contributed by atoms with van der Waals surface area (Å²) in [7, 11) is 0. The van der Waals surface area contributed by atoms with E-state index in [-0.39, 0.29) is 17.7 Å². The third-order valence-corrected chi connectivity index (χ3v) is 7.55. The highest BCUT2D eigenvalue weighted by atomic mass is 35.5. The number of carboxylic acids is 1. The van der Waals surface area contributed by atoms with Crippen LogP contribution in [0.15, 0.2) is 66.7 Å². The summed E-state index contributed by atoms with van der Waals surface area (Å²) in [5.74, 6) is -1.97. The Hall–Kier alpha value is -3.13.